The molecule has 0 bridgehead atoms. The summed E-state index contributed by atoms with van der Waals surface area (Å²) in [6.45, 7) is 6.17. The lowest BCUT2D eigenvalue weighted by molar-refractivity contribution is -0.121. The zero-order valence-corrected chi connectivity index (χ0v) is 15.9. The molecule has 2 rings (SSSR count). The van der Waals surface area contributed by atoms with Crippen molar-refractivity contribution >= 4 is 11.9 Å². The number of aliphatic imine (C=N–C) groups is 1. The minimum atomic E-state index is -0.198. The molecule has 6 heteroatoms. The van der Waals surface area contributed by atoms with Crippen molar-refractivity contribution in [3.63, 3.8) is 0 Å². The van der Waals surface area contributed by atoms with Gasteiger partial charge < -0.3 is 16.0 Å². The van der Waals surface area contributed by atoms with Crippen LogP contribution in [0, 0.1) is 18.7 Å². The van der Waals surface area contributed by atoms with E-state index in [1.807, 2.05) is 13.0 Å². The van der Waals surface area contributed by atoms with Gasteiger partial charge in [0.15, 0.2) is 5.96 Å². The summed E-state index contributed by atoms with van der Waals surface area (Å²) < 4.78 is 13.3. The maximum atomic E-state index is 13.3. The van der Waals surface area contributed by atoms with Crippen molar-refractivity contribution in [1.82, 2.24) is 16.0 Å². The van der Waals surface area contributed by atoms with Gasteiger partial charge in [-0.2, -0.15) is 0 Å². The Balaban J connectivity index is 1.72. The number of carbonyl (C=O) groups is 1. The number of nitrogens with zero attached hydrogens (tertiary/aromatic N) is 1. The molecule has 0 radical (unpaired) electrons. The van der Waals surface area contributed by atoms with E-state index in [4.69, 9.17) is 0 Å². The van der Waals surface area contributed by atoms with Crippen molar-refractivity contribution in [2.24, 2.45) is 10.9 Å². The molecule has 1 amide bonds. The first-order valence-electron chi connectivity index (χ1n) is 9.62. The van der Waals surface area contributed by atoms with E-state index < -0.39 is 0 Å². The number of benzene rings is 1. The smallest absolute Gasteiger partial charge is 0.220 e. The largest absolute Gasteiger partial charge is 0.357 e. The molecular formula is C20H31FN4O. The Kier molecular flexibility index (Phi) is 8.38. The van der Waals surface area contributed by atoms with Crippen LogP contribution in [0.15, 0.2) is 23.2 Å². The zero-order valence-electron chi connectivity index (χ0n) is 15.9. The molecule has 1 saturated carbocycles. The molecule has 26 heavy (non-hydrogen) atoms. The average Bonchev–Trinajstić information content (AvgIpc) is 3.12. The van der Waals surface area contributed by atoms with Crippen LogP contribution in [0.3, 0.4) is 0 Å². The average molecular weight is 362 g/mol. The van der Waals surface area contributed by atoms with Crippen LogP contribution in [0.4, 0.5) is 4.39 Å². The molecule has 0 aromatic heterocycles. The second-order valence-electron chi connectivity index (χ2n) is 6.91. The van der Waals surface area contributed by atoms with Crippen LogP contribution in [0.5, 0.6) is 0 Å². The van der Waals surface area contributed by atoms with Gasteiger partial charge in [-0.1, -0.05) is 25.0 Å². The summed E-state index contributed by atoms with van der Waals surface area (Å²) in [7, 11) is 0. The van der Waals surface area contributed by atoms with Gasteiger partial charge in [0.2, 0.25) is 5.91 Å². The first-order chi connectivity index (χ1) is 12.6. The molecule has 1 aromatic rings. The van der Waals surface area contributed by atoms with Gasteiger partial charge in [0, 0.05) is 26.1 Å². The highest BCUT2D eigenvalue weighted by Crippen LogP contribution is 2.27. The third kappa shape index (κ3) is 7.02. The van der Waals surface area contributed by atoms with Crippen LogP contribution >= 0.6 is 0 Å². The number of carbonyl (C=O) groups excluding carboxylic acids is 1. The van der Waals surface area contributed by atoms with Gasteiger partial charge in [-0.15, -0.1) is 0 Å². The van der Waals surface area contributed by atoms with Crippen LogP contribution in [0.2, 0.25) is 0 Å². The molecule has 0 atom stereocenters. The molecule has 0 aliphatic heterocycles. The maximum absolute atomic E-state index is 13.3. The predicted molar refractivity (Wildman–Crippen MR) is 104 cm³/mol. The molecule has 0 saturated heterocycles. The van der Waals surface area contributed by atoms with Crippen molar-refractivity contribution in [2.75, 3.05) is 19.6 Å². The minimum absolute atomic E-state index is 0.141. The summed E-state index contributed by atoms with van der Waals surface area (Å²) in [6.07, 6.45) is 5.54. The molecule has 0 spiro atoms. The second kappa shape index (κ2) is 10.8. The second-order valence-corrected chi connectivity index (χ2v) is 6.91. The number of rotatable bonds is 8. The lowest BCUT2D eigenvalue weighted by Crippen LogP contribution is -2.41. The summed E-state index contributed by atoms with van der Waals surface area (Å²) in [5.74, 6) is 1.21. The summed E-state index contributed by atoms with van der Waals surface area (Å²) in [5.41, 5.74) is 1.59. The number of nitrogens with one attached hydrogen (secondary N) is 3. The van der Waals surface area contributed by atoms with Gasteiger partial charge in [0.25, 0.3) is 0 Å². The number of aryl methyl sites for hydroxylation is 1. The van der Waals surface area contributed by atoms with Gasteiger partial charge in [-0.25, -0.2) is 9.38 Å². The Hall–Kier alpha value is -2.11. The van der Waals surface area contributed by atoms with Gasteiger partial charge in [0.1, 0.15) is 5.82 Å². The summed E-state index contributed by atoms with van der Waals surface area (Å²) in [4.78, 5) is 16.4. The topological polar surface area (TPSA) is 65.5 Å². The molecular weight excluding hydrogens is 331 g/mol. The van der Waals surface area contributed by atoms with Crippen molar-refractivity contribution in [1.29, 1.82) is 0 Å². The number of hydrogen-bond donors (Lipinski definition) is 3. The van der Waals surface area contributed by atoms with Gasteiger partial charge in [-0.05, 0) is 49.8 Å². The molecule has 0 heterocycles. The van der Waals surface area contributed by atoms with Crippen molar-refractivity contribution in [3.8, 4) is 0 Å². The van der Waals surface area contributed by atoms with Gasteiger partial charge >= 0.3 is 0 Å². The molecule has 1 aliphatic carbocycles. The van der Waals surface area contributed by atoms with Crippen molar-refractivity contribution < 1.29 is 9.18 Å². The van der Waals surface area contributed by atoms with E-state index in [0.29, 0.717) is 43.5 Å². The molecule has 144 valence electrons. The SMILES string of the molecule is CCNC(=NCc1ccc(F)c(C)c1)NCCNC(=O)CC1CCCC1. The lowest BCUT2D eigenvalue weighted by atomic mass is 10.0. The van der Waals surface area contributed by atoms with Gasteiger partial charge in [0.05, 0.1) is 6.54 Å². The van der Waals surface area contributed by atoms with E-state index >= 15 is 0 Å². The Morgan fingerprint density at radius 3 is 2.62 bits per heavy atom. The van der Waals surface area contributed by atoms with Crippen LogP contribution in [0.25, 0.3) is 0 Å². The summed E-state index contributed by atoms with van der Waals surface area (Å²) in [5, 5.41) is 9.36. The highest BCUT2D eigenvalue weighted by atomic mass is 19.1. The Labute approximate surface area is 155 Å². The molecule has 0 unspecified atom stereocenters. The number of amides is 1. The van der Waals surface area contributed by atoms with Crippen LogP contribution in [-0.4, -0.2) is 31.5 Å². The highest BCUT2D eigenvalue weighted by Gasteiger charge is 2.17. The van der Waals surface area contributed by atoms with E-state index in [9.17, 15) is 9.18 Å². The third-order valence-corrected chi connectivity index (χ3v) is 4.67. The summed E-state index contributed by atoms with van der Waals surface area (Å²) in [6, 6.07) is 5.03. The van der Waals surface area contributed by atoms with E-state index in [-0.39, 0.29) is 11.7 Å². The van der Waals surface area contributed by atoms with Crippen LogP contribution in [0.1, 0.15) is 50.2 Å². The molecule has 5 nitrogen and oxygen atoms in total. The maximum Gasteiger partial charge on any atom is 0.220 e. The Morgan fingerprint density at radius 1 is 1.19 bits per heavy atom. The van der Waals surface area contributed by atoms with E-state index in [1.165, 1.54) is 31.7 Å². The monoisotopic (exact) mass is 362 g/mol. The normalized spacial score (nSPS) is 15.1. The lowest BCUT2D eigenvalue weighted by Gasteiger charge is -2.13. The fraction of sp³-hybridized carbons (Fsp3) is 0.600. The number of halogens is 1. The van der Waals surface area contributed by atoms with E-state index in [0.717, 1.165) is 12.1 Å². The van der Waals surface area contributed by atoms with E-state index in [1.54, 1.807) is 13.0 Å². The van der Waals surface area contributed by atoms with Crippen molar-refractivity contribution in [2.45, 2.75) is 52.5 Å². The Bertz CT molecular complexity index is 612. The number of guanidine groups is 1. The van der Waals surface area contributed by atoms with Crippen molar-refractivity contribution in [3.05, 3.63) is 35.1 Å². The summed E-state index contributed by atoms with van der Waals surface area (Å²) >= 11 is 0. The first-order valence-corrected chi connectivity index (χ1v) is 9.62. The van der Waals surface area contributed by atoms with E-state index in [2.05, 4.69) is 20.9 Å². The fourth-order valence-electron chi connectivity index (χ4n) is 3.25. The molecule has 3 N–H and O–H groups in total. The molecule has 1 aromatic carbocycles. The number of hydrogen-bond acceptors (Lipinski definition) is 2. The first kappa shape index (κ1) is 20.2. The Morgan fingerprint density at radius 2 is 1.92 bits per heavy atom. The molecule has 1 aliphatic rings. The fourth-order valence-corrected chi connectivity index (χ4v) is 3.25. The predicted octanol–water partition coefficient (Wildman–Crippen LogP) is 2.89. The van der Waals surface area contributed by atoms with Crippen LogP contribution < -0.4 is 16.0 Å². The highest BCUT2D eigenvalue weighted by molar-refractivity contribution is 5.80. The third-order valence-electron chi connectivity index (χ3n) is 4.67. The standard InChI is InChI=1S/C20H31FN4O/c1-3-22-20(25-14-17-8-9-18(21)15(2)12-17)24-11-10-23-19(26)13-16-6-4-5-7-16/h8-9,12,16H,3-7,10-11,13-14H2,1-2H3,(H,23,26)(H2,22,24,25). The molecule has 1 fully saturated rings. The van der Waals surface area contributed by atoms with Crippen LogP contribution in [-0.2, 0) is 11.3 Å². The quantitative estimate of drug-likeness (QED) is 0.378. The zero-order chi connectivity index (χ0) is 18.8. The van der Waals surface area contributed by atoms with Gasteiger partial charge in [-0.3, -0.25) is 4.79 Å². The minimum Gasteiger partial charge on any atom is -0.357 e.